The van der Waals surface area contributed by atoms with Crippen LogP contribution in [-0.4, -0.2) is 35.4 Å². The number of carbonyl (C=O) groups excluding carboxylic acids is 1. The van der Waals surface area contributed by atoms with Gasteiger partial charge < -0.3 is 10.1 Å². The second kappa shape index (κ2) is 7.84. The molecule has 0 atom stereocenters. The predicted octanol–water partition coefficient (Wildman–Crippen LogP) is 0.895. The van der Waals surface area contributed by atoms with Gasteiger partial charge in [-0.1, -0.05) is 0 Å². The Kier molecular flexibility index (Phi) is 6.32. The molecule has 0 aliphatic heterocycles. The van der Waals surface area contributed by atoms with Gasteiger partial charge in [-0.25, -0.2) is 0 Å². The number of rotatable bonds is 8. The van der Waals surface area contributed by atoms with E-state index in [0.717, 1.165) is 25.9 Å². The topological polar surface area (TPSA) is 56.1 Å². The normalized spacial score (nSPS) is 10.5. The van der Waals surface area contributed by atoms with E-state index in [1.54, 1.807) is 6.20 Å². The molecule has 1 heterocycles. The fourth-order valence-corrected chi connectivity index (χ4v) is 1.58. The van der Waals surface area contributed by atoms with E-state index < -0.39 is 0 Å². The van der Waals surface area contributed by atoms with Crippen molar-refractivity contribution < 1.29 is 9.53 Å². The zero-order chi connectivity index (χ0) is 12.5. The van der Waals surface area contributed by atoms with E-state index in [1.807, 2.05) is 24.7 Å². The van der Waals surface area contributed by atoms with Gasteiger partial charge in [-0.3, -0.25) is 9.48 Å². The van der Waals surface area contributed by atoms with Crippen molar-refractivity contribution in [3.8, 4) is 0 Å². The number of nitrogens with zero attached hydrogens (tertiary/aromatic N) is 2. The molecule has 0 amide bonds. The van der Waals surface area contributed by atoms with Crippen molar-refractivity contribution in [2.75, 3.05) is 19.7 Å². The van der Waals surface area contributed by atoms with Crippen molar-refractivity contribution in [3.63, 3.8) is 0 Å². The van der Waals surface area contributed by atoms with Gasteiger partial charge in [0, 0.05) is 38.3 Å². The Morgan fingerprint density at radius 3 is 3.00 bits per heavy atom. The largest absolute Gasteiger partial charge is 0.466 e. The van der Waals surface area contributed by atoms with E-state index in [9.17, 15) is 4.79 Å². The molecule has 0 aliphatic rings. The number of nitrogens with one attached hydrogen (secondary N) is 1. The molecule has 1 N–H and O–H groups in total. The second-order valence-electron chi connectivity index (χ2n) is 3.85. The number of hydrogen-bond acceptors (Lipinski definition) is 4. The van der Waals surface area contributed by atoms with Crippen LogP contribution in [0.1, 0.15) is 25.5 Å². The summed E-state index contributed by atoms with van der Waals surface area (Å²) in [7, 11) is 1.94. The number of carbonyl (C=O) groups is 1. The van der Waals surface area contributed by atoms with Crippen LogP contribution in [0.2, 0.25) is 0 Å². The molecule has 0 aromatic carbocycles. The van der Waals surface area contributed by atoms with Crippen molar-refractivity contribution in [2.24, 2.45) is 7.05 Å². The summed E-state index contributed by atoms with van der Waals surface area (Å²) in [5.41, 5.74) is 1.21. The monoisotopic (exact) mass is 239 g/mol. The van der Waals surface area contributed by atoms with Crippen LogP contribution < -0.4 is 5.32 Å². The number of aromatic nitrogens is 2. The highest BCUT2D eigenvalue weighted by atomic mass is 16.5. The molecule has 96 valence electrons. The van der Waals surface area contributed by atoms with Crippen LogP contribution in [0.3, 0.4) is 0 Å². The molecule has 1 rings (SSSR count). The van der Waals surface area contributed by atoms with E-state index in [1.165, 1.54) is 5.69 Å². The van der Waals surface area contributed by atoms with E-state index in [-0.39, 0.29) is 5.97 Å². The van der Waals surface area contributed by atoms with Crippen molar-refractivity contribution in [1.82, 2.24) is 15.1 Å². The van der Waals surface area contributed by atoms with E-state index in [0.29, 0.717) is 13.0 Å². The third-order valence-corrected chi connectivity index (χ3v) is 2.52. The lowest BCUT2D eigenvalue weighted by Crippen LogP contribution is -2.20. The lowest BCUT2D eigenvalue weighted by molar-refractivity contribution is -0.143. The number of esters is 1. The molecule has 0 saturated heterocycles. The van der Waals surface area contributed by atoms with E-state index >= 15 is 0 Å². The molecule has 0 aliphatic carbocycles. The summed E-state index contributed by atoms with van der Waals surface area (Å²) in [6.07, 6.45) is 4.07. The van der Waals surface area contributed by atoms with Gasteiger partial charge in [-0.2, -0.15) is 5.10 Å². The van der Waals surface area contributed by atoms with Crippen LogP contribution in [0, 0.1) is 0 Å². The second-order valence-corrected chi connectivity index (χ2v) is 3.85. The first kappa shape index (κ1) is 13.7. The average Bonchev–Trinajstić information content (AvgIpc) is 2.70. The molecular formula is C12H21N3O2. The Morgan fingerprint density at radius 1 is 1.53 bits per heavy atom. The van der Waals surface area contributed by atoms with Crippen molar-refractivity contribution in [1.29, 1.82) is 0 Å². The van der Waals surface area contributed by atoms with Crippen LogP contribution in [-0.2, 0) is 23.0 Å². The van der Waals surface area contributed by atoms with Gasteiger partial charge >= 0.3 is 5.97 Å². The summed E-state index contributed by atoms with van der Waals surface area (Å²) in [5, 5.41) is 7.40. The van der Waals surface area contributed by atoms with Crippen molar-refractivity contribution in [2.45, 2.75) is 26.2 Å². The summed E-state index contributed by atoms with van der Waals surface area (Å²) < 4.78 is 6.72. The van der Waals surface area contributed by atoms with Gasteiger partial charge in [0.25, 0.3) is 0 Å². The summed E-state index contributed by atoms with van der Waals surface area (Å²) in [6.45, 7) is 4.04. The minimum absolute atomic E-state index is 0.110. The average molecular weight is 239 g/mol. The molecular weight excluding hydrogens is 218 g/mol. The van der Waals surface area contributed by atoms with Gasteiger partial charge in [0.05, 0.1) is 6.61 Å². The third-order valence-electron chi connectivity index (χ3n) is 2.52. The van der Waals surface area contributed by atoms with Crippen LogP contribution in [0.25, 0.3) is 0 Å². The zero-order valence-corrected chi connectivity index (χ0v) is 10.6. The quantitative estimate of drug-likeness (QED) is 0.541. The van der Waals surface area contributed by atoms with Crippen LogP contribution >= 0.6 is 0 Å². The molecule has 5 heteroatoms. The first-order valence-electron chi connectivity index (χ1n) is 6.07. The number of hydrogen-bond donors (Lipinski definition) is 1. The highest BCUT2D eigenvalue weighted by Crippen LogP contribution is 1.96. The fourth-order valence-electron chi connectivity index (χ4n) is 1.58. The molecule has 0 radical (unpaired) electrons. The highest BCUT2D eigenvalue weighted by Gasteiger charge is 2.01. The molecule has 0 saturated carbocycles. The van der Waals surface area contributed by atoms with Gasteiger partial charge in [-0.15, -0.1) is 0 Å². The lowest BCUT2D eigenvalue weighted by atomic mass is 10.3. The minimum atomic E-state index is -0.110. The summed E-state index contributed by atoms with van der Waals surface area (Å²) in [6, 6.07) is 2.01. The zero-order valence-electron chi connectivity index (χ0n) is 10.6. The Morgan fingerprint density at radius 2 is 2.35 bits per heavy atom. The Hall–Kier alpha value is -1.36. The van der Waals surface area contributed by atoms with Crippen molar-refractivity contribution >= 4 is 5.97 Å². The van der Waals surface area contributed by atoms with Gasteiger partial charge in [0.15, 0.2) is 0 Å². The standard InChI is InChI=1S/C12H21N3O2/c1-3-17-12(16)5-4-8-13-9-6-11-7-10-14-15(11)2/h7,10,13H,3-6,8-9H2,1-2H3. The Bertz CT molecular complexity index is 336. The molecule has 17 heavy (non-hydrogen) atoms. The highest BCUT2D eigenvalue weighted by molar-refractivity contribution is 5.69. The predicted molar refractivity (Wildman–Crippen MR) is 65.6 cm³/mol. The maximum absolute atomic E-state index is 11.0. The molecule has 5 nitrogen and oxygen atoms in total. The van der Waals surface area contributed by atoms with Gasteiger partial charge in [0.1, 0.15) is 0 Å². The van der Waals surface area contributed by atoms with Gasteiger partial charge in [-0.05, 0) is 26.0 Å². The molecule has 1 aromatic rings. The Labute approximate surface area is 102 Å². The SMILES string of the molecule is CCOC(=O)CCCNCCc1ccnn1C. The lowest BCUT2D eigenvalue weighted by Gasteiger charge is -2.05. The van der Waals surface area contributed by atoms with Crippen LogP contribution in [0.4, 0.5) is 0 Å². The third kappa shape index (κ3) is 5.49. The maximum Gasteiger partial charge on any atom is 0.305 e. The Balaban J connectivity index is 1.98. The molecule has 1 aromatic heterocycles. The first-order valence-corrected chi connectivity index (χ1v) is 6.07. The van der Waals surface area contributed by atoms with Crippen LogP contribution in [0.15, 0.2) is 12.3 Å². The summed E-state index contributed by atoms with van der Waals surface area (Å²) >= 11 is 0. The minimum Gasteiger partial charge on any atom is -0.466 e. The van der Waals surface area contributed by atoms with E-state index in [2.05, 4.69) is 10.4 Å². The van der Waals surface area contributed by atoms with Gasteiger partial charge in [0.2, 0.25) is 0 Å². The smallest absolute Gasteiger partial charge is 0.305 e. The van der Waals surface area contributed by atoms with Crippen molar-refractivity contribution in [3.05, 3.63) is 18.0 Å². The first-order chi connectivity index (χ1) is 8.24. The summed E-state index contributed by atoms with van der Waals surface area (Å²) in [4.78, 5) is 11.0. The number of aryl methyl sites for hydroxylation is 1. The van der Waals surface area contributed by atoms with E-state index in [4.69, 9.17) is 4.74 Å². The molecule has 0 bridgehead atoms. The number of ether oxygens (including phenoxy) is 1. The summed E-state index contributed by atoms with van der Waals surface area (Å²) in [5.74, 6) is -0.110. The molecule has 0 unspecified atom stereocenters. The molecule has 0 fully saturated rings. The fraction of sp³-hybridized carbons (Fsp3) is 0.667. The maximum atomic E-state index is 11.0. The molecule has 0 spiro atoms. The van der Waals surface area contributed by atoms with Crippen LogP contribution in [0.5, 0.6) is 0 Å².